The Labute approximate surface area is 337 Å². The summed E-state index contributed by atoms with van der Waals surface area (Å²) in [5.74, 6) is -2.42. The zero-order valence-corrected chi connectivity index (χ0v) is 34.6. The Balaban J connectivity index is 2.07. The first-order valence-electron chi connectivity index (χ1n) is 19.6. The predicted molar refractivity (Wildman–Crippen MR) is 224 cm³/mol. The molecule has 5 atom stereocenters. The van der Waals surface area contributed by atoms with Crippen molar-refractivity contribution in [1.82, 2.24) is 4.90 Å². The third kappa shape index (κ3) is 13.6. The Morgan fingerprint density at radius 1 is 1.02 bits per heavy atom. The van der Waals surface area contributed by atoms with Gasteiger partial charge in [-0.25, -0.2) is 4.79 Å². The van der Waals surface area contributed by atoms with Gasteiger partial charge in [0, 0.05) is 49.4 Å². The van der Waals surface area contributed by atoms with E-state index in [0.29, 0.717) is 16.7 Å². The van der Waals surface area contributed by atoms with Crippen LogP contribution in [-0.2, 0) is 25.5 Å². The molecule has 312 valence electrons. The average Bonchev–Trinajstić information content (AvgIpc) is 3.18. The van der Waals surface area contributed by atoms with Crippen LogP contribution in [0.3, 0.4) is 0 Å². The number of carbonyl (C=O) groups excluding carboxylic acids is 3. The van der Waals surface area contributed by atoms with Crippen LogP contribution in [0, 0.1) is 5.92 Å². The molecule has 0 fully saturated rings. The molecule has 0 radical (unpaired) electrons. The number of carbonyl (C=O) groups is 3. The number of aliphatic hydroxyl groups is 1. The van der Waals surface area contributed by atoms with Crippen LogP contribution in [0.1, 0.15) is 95.1 Å². The number of aliphatic hydroxyl groups excluding tert-OH is 1. The lowest BCUT2D eigenvalue weighted by Gasteiger charge is -2.28. The molecular formula is C44H62N4O9. The van der Waals surface area contributed by atoms with Gasteiger partial charge >= 0.3 is 6.09 Å². The number of amides is 3. The van der Waals surface area contributed by atoms with Crippen molar-refractivity contribution in [2.24, 2.45) is 11.7 Å². The number of hydrogen-bond acceptors (Lipinski definition) is 10. The van der Waals surface area contributed by atoms with Crippen LogP contribution in [0.2, 0.25) is 0 Å². The van der Waals surface area contributed by atoms with E-state index in [-0.39, 0.29) is 28.9 Å². The molecule has 1 heterocycles. The van der Waals surface area contributed by atoms with Crippen molar-refractivity contribution in [3.63, 3.8) is 0 Å². The van der Waals surface area contributed by atoms with Crippen LogP contribution in [-0.4, -0.2) is 89.9 Å². The fourth-order valence-electron chi connectivity index (χ4n) is 6.65. The maximum absolute atomic E-state index is 13.7. The molecule has 7 N–H and O–H groups in total. The Bertz CT molecular complexity index is 1790. The van der Waals surface area contributed by atoms with E-state index < -0.39 is 59.7 Å². The predicted octanol–water partition coefficient (Wildman–Crippen LogP) is 7.44. The van der Waals surface area contributed by atoms with Crippen LogP contribution in [0.15, 0.2) is 71.4 Å². The van der Waals surface area contributed by atoms with Gasteiger partial charge < -0.3 is 45.9 Å². The number of anilines is 2. The lowest BCUT2D eigenvalue weighted by Crippen LogP contribution is -2.36. The summed E-state index contributed by atoms with van der Waals surface area (Å²) >= 11 is 0. The number of nitrogens with one attached hydrogen (secondary N) is 2. The molecule has 2 aromatic carbocycles. The highest BCUT2D eigenvalue weighted by molar-refractivity contribution is 6.09. The molecule has 1 aliphatic heterocycles. The maximum Gasteiger partial charge on any atom is 0.405 e. The van der Waals surface area contributed by atoms with Crippen molar-refractivity contribution in [1.29, 1.82) is 0 Å². The molecule has 13 heteroatoms. The molecule has 3 amide bonds. The number of hydrogen-bond donors (Lipinski definition) is 6. The quantitative estimate of drug-likeness (QED) is 0.0675. The number of methoxy groups -OCH3 is 2. The Hall–Kier alpha value is -4.95. The van der Waals surface area contributed by atoms with Crippen LogP contribution >= 0.6 is 0 Å². The monoisotopic (exact) mass is 790 g/mol. The summed E-state index contributed by atoms with van der Waals surface area (Å²) in [6.07, 6.45) is 7.99. The minimum atomic E-state index is -1.05. The van der Waals surface area contributed by atoms with Crippen LogP contribution in [0.25, 0.3) is 6.08 Å². The molecule has 13 nitrogen and oxygen atoms in total. The van der Waals surface area contributed by atoms with E-state index in [2.05, 4.69) is 29.4 Å². The number of primary amides is 1. The van der Waals surface area contributed by atoms with Gasteiger partial charge in [0.15, 0.2) is 6.10 Å². The zero-order valence-electron chi connectivity index (χ0n) is 34.6. The first-order valence-corrected chi connectivity index (χ1v) is 19.6. The number of benzene rings is 2. The summed E-state index contributed by atoms with van der Waals surface area (Å²) in [4.78, 5) is 41.3. The molecule has 3 rings (SSSR count). The van der Waals surface area contributed by atoms with Crippen molar-refractivity contribution in [2.45, 2.75) is 105 Å². The van der Waals surface area contributed by atoms with E-state index in [4.69, 9.17) is 19.9 Å². The number of ether oxygens (including phenoxy) is 3. The van der Waals surface area contributed by atoms with Crippen molar-refractivity contribution >= 4 is 35.4 Å². The minimum Gasteiger partial charge on any atom is -0.506 e. The molecule has 0 saturated carbocycles. The number of phenols is 2. The van der Waals surface area contributed by atoms with E-state index >= 15 is 0 Å². The zero-order chi connectivity index (χ0) is 42.2. The lowest BCUT2D eigenvalue weighted by atomic mass is 9.91. The van der Waals surface area contributed by atoms with Gasteiger partial charge in [0.25, 0.3) is 11.8 Å². The SMILES string of the molecule is CCCCN(CCCC)Cc1ccc(C(=O)Nc2c(O)cc3c(O)c2C=C(C)C[C@H](OC)[C@H](O)[C@@H](C)C=C(C)[C@H](OC(N)=O)[C@@H](OC)C=CC=C(C)C(=O)N3)cc1. The largest absolute Gasteiger partial charge is 0.506 e. The Morgan fingerprint density at radius 3 is 2.25 bits per heavy atom. The lowest BCUT2D eigenvalue weighted by molar-refractivity contribution is -0.112. The highest BCUT2D eigenvalue weighted by Gasteiger charge is 2.29. The minimum absolute atomic E-state index is 0.0391. The van der Waals surface area contributed by atoms with Gasteiger partial charge in [-0.3, -0.25) is 14.5 Å². The van der Waals surface area contributed by atoms with Gasteiger partial charge in [0.05, 0.1) is 23.6 Å². The standard InChI is InChI=1S/C44H62N4O9/c1-9-11-20-48(21-12-10-2)26-31-16-18-32(19-17-31)43(53)47-38-33-22-27(3)23-37(56-8)39(50)29(5)24-30(6)41(57-44(45)54)36(55-7)15-13-14-28(4)42(52)46-34(40(33)51)25-35(38)49/h13-19,22,24-25,29,36-37,39,41,49-51H,9-12,20-21,23,26H2,1-8H3,(H2,45,54)(H,46,52)(H,47,53)/t29-,36-,37-,39+,41-/m0/s1. The highest BCUT2D eigenvalue weighted by atomic mass is 16.6. The Kier molecular flexibility index (Phi) is 18.5. The number of aromatic hydroxyl groups is 2. The molecule has 0 saturated heterocycles. The molecule has 0 aliphatic carbocycles. The number of unbranched alkanes of at least 4 members (excludes halogenated alkanes) is 2. The van der Waals surface area contributed by atoms with Crippen molar-refractivity contribution in [3.05, 3.63) is 88.0 Å². The second-order valence-electron chi connectivity index (χ2n) is 14.7. The second kappa shape index (κ2) is 22.7. The van der Waals surface area contributed by atoms with Gasteiger partial charge in [-0.05, 0) is 82.5 Å². The smallest absolute Gasteiger partial charge is 0.405 e. The van der Waals surface area contributed by atoms with E-state index in [1.54, 1.807) is 64.1 Å². The number of nitrogens with zero attached hydrogens (tertiary/aromatic N) is 1. The summed E-state index contributed by atoms with van der Waals surface area (Å²) in [5.41, 5.74) is 8.08. The summed E-state index contributed by atoms with van der Waals surface area (Å²) in [6, 6.07) is 8.46. The summed E-state index contributed by atoms with van der Waals surface area (Å²) in [6.45, 7) is 13.9. The maximum atomic E-state index is 13.7. The van der Waals surface area contributed by atoms with Crippen molar-refractivity contribution in [2.75, 3.05) is 37.9 Å². The highest BCUT2D eigenvalue weighted by Crippen LogP contribution is 2.42. The molecular weight excluding hydrogens is 729 g/mol. The third-order valence-corrected chi connectivity index (χ3v) is 10.0. The fraction of sp³-hybridized carbons (Fsp3) is 0.477. The van der Waals surface area contributed by atoms with Crippen molar-refractivity contribution in [3.8, 4) is 11.5 Å². The van der Waals surface area contributed by atoms with Crippen molar-refractivity contribution < 1.29 is 43.9 Å². The number of nitrogens with two attached hydrogens (primary N) is 1. The number of phenolic OH excluding ortho intramolecular Hbond substituents is 2. The van der Waals surface area contributed by atoms with Gasteiger partial charge in [-0.1, -0.05) is 75.6 Å². The fourth-order valence-corrected chi connectivity index (χ4v) is 6.65. The van der Waals surface area contributed by atoms with E-state index in [0.717, 1.165) is 56.9 Å². The van der Waals surface area contributed by atoms with Gasteiger partial charge in [0.2, 0.25) is 0 Å². The van der Waals surface area contributed by atoms with Crippen LogP contribution in [0.5, 0.6) is 11.5 Å². The van der Waals surface area contributed by atoms with Gasteiger partial charge in [-0.2, -0.15) is 0 Å². The topological polar surface area (TPSA) is 193 Å². The first-order chi connectivity index (χ1) is 27.1. The summed E-state index contributed by atoms with van der Waals surface area (Å²) in [5, 5.41) is 39.8. The first kappa shape index (κ1) is 46.4. The number of fused-ring (bicyclic) bond motifs is 2. The molecule has 0 unspecified atom stereocenters. The number of allylic oxidation sites excluding steroid dienone is 2. The summed E-state index contributed by atoms with van der Waals surface area (Å²) < 4.78 is 16.7. The normalized spacial score (nSPS) is 21.0. The van der Waals surface area contributed by atoms with Gasteiger partial charge in [-0.15, -0.1) is 0 Å². The molecule has 2 aromatic rings. The average molecular weight is 791 g/mol. The number of rotatable bonds is 13. The van der Waals surface area contributed by atoms with Crippen LogP contribution < -0.4 is 16.4 Å². The Morgan fingerprint density at radius 2 is 1.67 bits per heavy atom. The molecule has 1 aliphatic rings. The van der Waals surface area contributed by atoms with Crippen LogP contribution in [0.4, 0.5) is 16.2 Å². The molecule has 0 aromatic heterocycles. The molecule has 2 bridgehead atoms. The van der Waals surface area contributed by atoms with E-state index in [1.807, 2.05) is 12.1 Å². The van der Waals surface area contributed by atoms with E-state index in [1.165, 1.54) is 20.3 Å². The second-order valence-corrected chi connectivity index (χ2v) is 14.7. The van der Waals surface area contributed by atoms with E-state index in [9.17, 15) is 29.7 Å². The third-order valence-electron chi connectivity index (χ3n) is 10.0. The molecule has 57 heavy (non-hydrogen) atoms. The molecule has 0 spiro atoms. The van der Waals surface area contributed by atoms with Gasteiger partial charge in [0.1, 0.15) is 17.6 Å². The summed E-state index contributed by atoms with van der Waals surface area (Å²) in [7, 11) is 2.89.